The third kappa shape index (κ3) is 4.32. The molecule has 0 aliphatic rings. The lowest BCUT2D eigenvalue weighted by atomic mass is 10.2. The quantitative estimate of drug-likeness (QED) is 0.478. The molecule has 1 aromatic heterocycles. The van der Waals surface area contributed by atoms with Crippen LogP contribution in [0.2, 0.25) is 0 Å². The molecule has 0 fully saturated rings. The molecule has 0 saturated carbocycles. The molecule has 28 heavy (non-hydrogen) atoms. The fourth-order valence-corrected chi connectivity index (χ4v) is 2.74. The summed E-state index contributed by atoms with van der Waals surface area (Å²) in [6.45, 7) is 4.12. The van der Waals surface area contributed by atoms with Gasteiger partial charge in [-0.3, -0.25) is 0 Å². The Balaban J connectivity index is 1.70. The molecular formula is C23H21N5. The summed E-state index contributed by atoms with van der Waals surface area (Å²) in [5.41, 5.74) is 5.19. The van der Waals surface area contributed by atoms with Crippen molar-refractivity contribution in [2.45, 2.75) is 13.8 Å². The summed E-state index contributed by atoms with van der Waals surface area (Å²) < 4.78 is 0. The third-order valence-corrected chi connectivity index (χ3v) is 4.28. The van der Waals surface area contributed by atoms with Gasteiger partial charge in [0.2, 0.25) is 11.9 Å². The van der Waals surface area contributed by atoms with Crippen LogP contribution in [0.5, 0.6) is 0 Å². The Morgan fingerprint density at radius 3 is 1.46 bits per heavy atom. The smallest absolute Gasteiger partial charge is 0.232 e. The fourth-order valence-electron chi connectivity index (χ4n) is 2.74. The van der Waals surface area contributed by atoms with Gasteiger partial charge in [0.05, 0.1) is 0 Å². The molecule has 0 aliphatic heterocycles. The number of nitrogens with one attached hydrogen (secondary N) is 2. The number of hydrogen-bond acceptors (Lipinski definition) is 5. The molecule has 0 radical (unpaired) electrons. The Labute approximate surface area is 164 Å². The normalized spacial score (nSPS) is 10.5. The molecule has 0 atom stereocenters. The first kappa shape index (κ1) is 17.7. The third-order valence-electron chi connectivity index (χ3n) is 4.28. The zero-order valence-corrected chi connectivity index (χ0v) is 15.8. The molecule has 2 N–H and O–H groups in total. The van der Waals surface area contributed by atoms with Crippen LogP contribution >= 0.6 is 0 Å². The summed E-state index contributed by atoms with van der Waals surface area (Å²) in [5, 5.41) is 6.55. The lowest BCUT2D eigenvalue weighted by molar-refractivity contribution is 1.07. The van der Waals surface area contributed by atoms with Crippen LogP contribution in [0, 0.1) is 13.8 Å². The first-order chi connectivity index (χ1) is 13.7. The lowest BCUT2D eigenvalue weighted by Crippen LogP contribution is -2.05. The first-order valence-electron chi connectivity index (χ1n) is 9.15. The molecule has 3 aromatic carbocycles. The molecule has 0 saturated heterocycles. The Hall–Kier alpha value is -3.73. The van der Waals surface area contributed by atoms with Crippen LogP contribution in [-0.4, -0.2) is 15.0 Å². The van der Waals surface area contributed by atoms with E-state index in [0.717, 1.165) is 16.9 Å². The maximum absolute atomic E-state index is 4.60. The van der Waals surface area contributed by atoms with Crippen molar-refractivity contribution in [2.24, 2.45) is 0 Å². The summed E-state index contributed by atoms with van der Waals surface area (Å²) in [5.74, 6) is 1.60. The molecule has 0 unspecified atom stereocenters. The van der Waals surface area contributed by atoms with Crippen molar-refractivity contribution in [3.8, 4) is 11.4 Å². The minimum atomic E-state index is 0.493. The highest BCUT2D eigenvalue weighted by Gasteiger charge is 2.09. The number of aryl methyl sites for hydroxylation is 2. The van der Waals surface area contributed by atoms with Gasteiger partial charge in [-0.05, 0) is 38.1 Å². The zero-order valence-electron chi connectivity index (χ0n) is 15.8. The summed E-state index contributed by atoms with van der Waals surface area (Å²) >= 11 is 0. The van der Waals surface area contributed by atoms with Crippen molar-refractivity contribution in [1.29, 1.82) is 0 Å². The van der Waals surface area contributed by atoms with E-state index < -0.39 is 0 Å². The minimum absolute atomic E-state index is 0.493. The highest BCUT2D eigenvalue weighted by Crippen LogP contribution is 2.22. The maximum Gasteiger partial charge on any atom is 0.232 e. The summed E-state index contributed by atoms with van der Waals surface area (Å²) in [7, 11) is 0. The molecule has 0 aliphatic carbocycles. The van der Waals surface area contributed by atoms with Gasteiger partial charge in [0.1, 0.15) is 0 Å². The second-order valence-corrected chi connectivity index (χ2v) is 6.65. The van der Waals surface area contributed by atoms with Gasteiger partial charge in [-0.1, -0.05) is 65.7 Å². The average molecular weight is 367 g/mol. The van der Waals surface area contributed by atoms with Gasteiger partial charge < -0.3 is 10.6 Å². The van der Waals surface area contributed by atoms with Crippen molar-refractivity contribution < 1.29 is 0 Å². The predicted molar refractivity (Wildman–Crippen MR) is 114 cm³/mol. The highest BCUT2D eigenvalue weighted by molar-refractivity contribution is 5.63. The van der Waals surface area contributed by atoms with Crippen LogP contribution in [0.3, 0.4) is 0 Å². The molecule has 1 heterocycles. The number of aromatic nitrogens is 3. The largest absolute Gasteiger partial charge is 0.324 e. The van der Waals surface area contributed by atoms with E-state index in [2.05, 4.69) is 39.4 Å². The Kier molecular flexibility index (Phi) is 4.97. The van der Waals surface area contributed by atoms with Crippen LogP contribution in [0.15, 0.2) is 78.9 Å². The summed E-state index contributed by atoms with van der Waals surface area (Å²) in [6.07, 6.45) is 0. The molecule has 4 aromatic rings. The van der Waals surface area contributed by atoms with E-state index in [1.165, 1.54) is 11.1 Å². The van der Waals surface area contributed by atoms with Gasteiger partial charge in [-0.15, -0.1) is 0 Å². The van der Waals surface area contributed by atoms with E-state index >= 15 is 0 Å². The van der Waals surface area contributed by atoms with Crippen LogP contribution in [0.4, 0.5) is 23.3 Å². The number of nitrogens with zero attached hydrogens (tertiary/aromatic N) is 3. The zero-order chi connectivity index (χ0) is 19.3. The van der Waals surface area contributed by atoms with Crippen molar-refractivity contribution >= 4 is 23.3 Å². The predicted octanol–water partition coefficient (Wildman–Crippen LogP) is 5.64. The fraction of sp³-hybridized carbons (Fsp3) is 0.0870. The van der Waals surface area contributed by atoms with E-state index in [1.807, 2.05) is 78.9 Å². The summed E-state index contributed by atoms with van der Waals surface area (Å²) in [6, 6.07) is 26.1. The standard InChI is InChI=1S/C23H21N5/c1-16-8-12-19(13-9-16)24-22-26-21(18-6-4-3-5-7-18)27-23(28-22)25-20-14-10-17(2)11-15-20/h3-15H,1-2H3,(H2,24,25,26,27,28). The topological polar surface area (TPSA) is 62.7 Å². The Bertz CT molecular complexity index is 993. The van der Waals surface area contributed by atoms with Gasteiger partial charge in [0.25, 0.3) is 0 Å². The lowest BCUT2D eigenvalue weighted by Gasteiger charge is -2.11. The van der Waals surface area contributed by atoms with Crippen LogP contribution < -0.4 is 10.6 Å². The maximum atomic E-state index is 4.60. The van der Waals surface area contributed by atoms with Gasteiger partial charge in [-0.25, -0.2) is 0 Å². The van der Waals surface area contributed by atoms with Crippen LogP contribution in [-0.2, 0) is 0 Å². The highest BCUT2D eigenvalue weighted by atomic mass is 15.2. The summed E-state index contributed by atoms with van der Waals surface area (Å²) in [4.78, 5) is 13.8. The van der Waals surface area contributed by atoms with Gasteiger partial charge in [-0.2, -0.15) is 15.0 Å². The van der Waals surface area contributed by atoms with Gasteiger partial charge in [0, 0.05) is 16.9 Å². The monoisotopic (exact) mass is 367 g/mol. The van der Waals surface area contributed by atoms with Crippen molar-refractivity contribution in [3.63, 3.8) is 0 Å². The second-order valence-electron chi connectivity index (χ2n) is 6.65. The number of hydrogen-bond donors (Lipinski definition) is 2. The van der Waals surface area contributed by atoms with E-state index in [0.29, 0.717) is 17.7 Å². The molecule has 0 amide bonds. The number of benzene rings is 3. The van der Waals surface area contributed by atoms with Gasteiger partial charge >= 0.3 is 0 Å². The molecular weight excluding hydrogens is 346 g/mol. The second kappa shape index (κ2) is 7.88. The van der Waals surface area contributed by atoms with Gasteiger partial charge in [0.15, 0.2) is 5.82 Å². The molecule has 5 heteroatoms. The number of anilines is 4. The molecule has 5 nitrogen and oxygen atoms in total. The Morgan fingerprint density at radius 1 is 0.536 bits per heavy atom. The van der Waals surface area contributed by atoms with Crippen molar-refractivity contribution in [2.75, 3.05) is 10.6 Å². The molecule has 0 spiro atoms. The number of rotatable bonds is 5. The molecule has 0 bridgehead atoms. The average Bonchev–Trinajstić information content (AvgIpc) is 2.72. The van der Waals surface area contributed by atoms with Crippen LogP contribution in [0.1, 0.15) is 11.1 Å². The molecule has 4 rings (SSSR count). The SMILES string of the molecule is Cc1ccc(Nc2nc(Nc3ccc(C)cc3)nc(-c3ccccc3)n2)cc1. The van der Waals surface area contributed by atoms with Crippen molar-refractivity contribution in [1.82, 2.24) is 15.0 Å². The van der Waals surface area contributed by atoms with E-state index in [-0.39, 0.29) is 0 Å². The van der Waals surface area contributed by atoms with E-state index in [1.54, 1.807) is 0 Å². The van der Waals surface area contributed by atoms with Crippen LogP contribution in [0.25, 0.3) is 11.4 Å². The first-order valence-corrected chi connectivity index (χ1v) is 9.15. The molecule has 138 valence electrons. The van der Waals surface area contributed by atoms with Crippen molar-refractivity contribution in [3.05, 3.63) is 90.0 Å². The van der Waals surface area contributed by atoms with E-state index in [9.17, 15) is 0 Å². The van der Waals surface area contributed by atoms with E-state index in [4.69, 9.17) is 0 Å². The minimum Gasteiger partial charge on any atom is -0.324 e. The Morgan fingerprint density at radius 2 is 1.00 bits per heavy atom.